The van der Waals surface area contributed by atoms with Crippen LogP contribution in [0.5, 0.6) is 0 Å². The minimum absolute atomic E-state index is 0.285. The summed E-state index contributed by atoms with van der Waals surface area (Å²) in [4.78, 5) is 11.1. The van der Waals surface area contributed by atoms with Crippen LogP contribution in [0.4, 0.5) is 5.69 Å². The third kappa shape index (κ3) is 4.84. The zero-order chi connectivity index (χ0) is 13.7. The Kier molecular flexibility index (Phi) is 5.22. The highest BCUT2D eigenvalue weighted by atomic mass is 79.9. The average molecular weight is 328 g/mol. The number of benzene rings is 1. The van der Waals surface area contributed by atoms with Crippen LogP contribution >= 0.6 is 15.9 Å². The molecule has 1 aromatic rings. The van der Waals surface area contributed by atoms with Crippen LogP contribution < -0.4 is 5.32 Å². The SMILES string of the molecule is O=C(O)c1cc(Br)ccc1NCCCOCC1CC1. The molecule has 0 heterocycles. The number of carboxylic acid groups (broad SMARTS) is 1. The van der Waals surface area contributed by atoms with E-state index in [0.717, 1.165) is 30.0 Å². The van der Waals surface area contributed by atoms with Crippen molar-refractivity contribution in [3.63, 3.8) is 0 Å². The van der Waals surface area contributed by atoms with E-state index < -0.39 is 5.97 Å². The summed E-state index contributed by atoms with van der Waals surface area (Å²) in [5, 5.41) is 12.3. The molecule has 5 heteroatoms. The van der Waals surface area contributed by atoms with E-state index in [1.807, 2.05) is 6.07 Å². The summed E-state index contributed by atoms with van der Waals surface area (Å²) in [6.07, 6.45) is 3.49. The Morgan fingerprint density at radius 2 is 2.26 bits per heavy atom. The molecule has 0 aliphatic heterocycles. The van der Waals surface area contributed by atoms with Gasteiger partial charge in [-0.2, -0.15) is 0 Å². The lowest BCUT2D eigenvalue weighted by Gasteiger charge is -2.10. The van der Waals surface area contributed by atoms with Crippen LogP contribution in [0.3, 0.4) is 0 Å². The van der Waals surface area contributed by atoms with Crippen LogP contribution in [0.2, 0.25) is 0 Å². The standard InChI is InChI=1S/C14H18BrNO3/c15-11-4-5-13(12(8-11)14(17)18)16-6-1-7-19-9-10-2-3-10/h4-5,8,10,16H,1-3,6-7,9H2,(H,17,18). The zero-order valence-corrected chi connectivity index (χ0v) is 12.3. The first-order valence-corrected chi connectivity index (χ1v) is 7.30. The normalized spacial score (nSPS) is 14.4. The molecule has 1 saturated carbocycles. The highest BCUT2D eigenvalue weighted by Crippen LogP contribution is 2.28. The Morgan fingerprint density at radius 3 is 2.95 bits per heavy atom. The van der Waals surface area contributed by atoms with Crippen molar-refractivity contribution in [3.05, 3.63) is 28.2 Å². The smallest absolute Gasteiger partial charge is 0.337 e. The summed E-state index contributed by atoms with van der Waals surface area (Å²) >= 11 is 3.28. The second-order valence-corrected chi connectivity index (χ2v) is 5.71. The Morgan fingerprint density at radius 1 is 1.47 bits per heavy atom. The molecule has 2 N–H and O–H groups in total. The van der Waals surface area contributed by atoms with E-state index in [4.69, 9.17) is 9.84 Å². The number of carboxylic acids is 1. The Balaban J connectivity index is 1.73. The highest BCUT2D eigenvalue weighted by molar-refractivity contribution is 9.10. The molecular formula is C14H18BrNO3. The predicted molar refractivity (Wildman–Crippen MR) is 77.8 cm³/mol. The molecule has 1 fully saturated rings. The van der Waals surface area contributed by atoms with Gasteiger partial charge in [-0.1, -0.05) is 15.9 Å². The number of anilines is 1. The number of halogens is 1. The van der Waals surface area contributed by atoms with Crippen molar-refractivity contribution in [3.8, 4) is 0 Å². The van der Waals surface area contributed by atoms with E-state index in [0.29, 0.717) is 12.2 Å². The molecule has 0 bridgehead atoms. The van der Waals surface area contributed by atoms with Gasteiger partial charge in [0.1, 0.15) is 0 Å². The Bertz CT molecular complexity index is 446. The average Bonchev–Trinajstić information content (AvgIpc) is 3.19. The maximum Gasteiger partial charge on any atom is 0.337 e. The van der Waals surface area contributed by atoms with Crippen LogP contribution in [0.15, 0.2) is 22.7 Å². The molecule has 0 radical (unpaired) electrons. The lowest BCUT2D eigenvalue weighted by atomic mass is 10.2. The van der Waals surface area contributed by atoms with Gasteiger partial charge in [0, 0.05) is 29.9 Å². The number of carbonyl (C=O) groups is 1. The fraction of sp³-hybridized carbons (Fsp3) is 0.500. The number of nitrogens with one attached hydrogen (secondary N) is 1. The van der Waals surface area contributed by atoms with E-state index in [1.165, 1.54) is 12.8 Å². The molecule has 4 nitrogen and oxygen atoms in total. The van der Waals surface area contributed by atoms with E-state index in [-0.39, 0.29) is 5.56 Å². The first-order chi connectivity index (χ1) is 9.16. The monoisotopic (exact) mass is 327 g/mol. The maximum absolute atomic E-state index is 11.1. The summed E-state index contributed by atoms with van der Waals surface area (Å²) in [5.41, 5.74) is 0.936. The molecule has 0 unspecified atom stereocenters. The third-order valence-electron chi connectivity index (χ3n) is 3.04. The van der Waals surface area contributed by atoms with Gasteiger partial charge in [-0.05, 0) is 43.4 Å². The molecule has 0 atom stereocenters. The number of ether oxygens (including phenoxy) is 1. The Labute approximate surface area is 121 Å². The second-order valence-electron chi connectivity index (χ2n) is 4.79. The minimum Gasteiger partial charge on any atom is -0.478 e. The molecule has 0 saturated heterocycles. The first-order valence-electron chi connectivity index (χ1n) is 6.51. The van der Waals surface area contributed by atoms with Crippen molar-refractivity contribution in [2.75, 3.05) is 25.1 Å². The third-order valence-corrected chi connectivity index (χ3v) is 3.54. The van der Waals surface area contributed by atoms with Gasteiger partial charge in [0.05, 0.1) is 5.56 Å². The van der Waals surface area contributed by atoms with Gasteiger partial charge in [-0.15, -0.1) is 0 Å². The number of hydrogen-bond acceptors (Lipinski definition) is 3. The van der Waals surface area contributed by atoms with E-state index in [9.17, 15) is 4.79 Å². The van der Waals surface area contributed by atoms with Gasteiger partial charge in [-0.3, -0.25) is 0 Å². The molecule has 0 aromatic heterocycles. The van der Waals surface area contributed by atoms with Crippen molar-refractivity contribution >= 4 is 27.6 Å². The molecule has 104 valence electrons. The maximum atomic E-state index is 11.1. The molecule has 0 amide bonds. The molecule has 1 aliphatic carbocycles. The largest absolute Gasteiger partial charge is 0.478 e. The van der Waals surface area contributed by atoms with Crippen molar-refractivity contribution in [1.29, 1.82) is 0 Å². The van der Waals surface area contributed by atoms with Crippen LogP contribution in [0, 0.1) is 5.92 Å². The summed E-state index contributed by atoms with van der Waals surface area (Å²) in [6, 6.07) is 5.21. The predicted octanol–water partition coefficient (Wildman–Crippen LogP) is 3.38. The van der Waals surface area contributed by atoms with Crippen molar-refractivity contribution in [2.45, 2.75) is 19.3 Å². The van der Waals surface area contributed by atoms with Crippen molar-refractivity contribution < 1.29 is 14.6 Å². The topological polar surface area (TPSA) is 58.6 Å². The lowest BCUT2D eigenvalue weighted by Crippen LogP contribution is -2.10. The Hall–Kier alpha value is -1.07. The zero-order valence-electron chi connectivity index (χ0n) is 10.7. The van der Waals surface area contributed by atoms with E-state index >= 15 is 0 Å². The summed E-state index contributed by atoms with van der Waals surface area (Å²) in [5.74, 6) is -0.133. The minimum atomic E-state index is -0.922. The number of aromatic carboxylic acids is 1. The quantitative estimate of drug-likeness (QED) is 0.718. The van der Waals surface area contributed by atoms with Gasteiger partial charge in [0.25, 0.3) is 0 Å². The fourth-order valence-electron chi connectivity index (χ4n) is 1.78. The summed E-state index contributed by atoms with van der Waals surface area (Å²) < 4.78 is 6.30. The van der Waals surface area contributed by atoms with Crippen molar-refractivity contribution in [2.24, 2.45) is 5.92 Å². The number of rotatable bonds is 8. The van der Waals surface area contributed by atoms with Gasteiger partial charge in [-0.25, -0.2) is 4.79 Å². The van der Waals surface area contributed by atoms with Crippen molar-refractivity contribution in [1.82, 2.24) is 0 Å². The second kappa shape index (κ2) is 6.91. The van der Waals surface area contributed by atoms with E-state index in [1.54, 1.807) is 12.1 Å². The molecule has 1 aromatic carbocycles. The molecule has 19 heavy (non-hydrogen) atoms. The fourth-order valence-corrected chi connectivity index (χ4v) is 2.14. The molecule has 0 spiro atoms. The van der Waals surface area contributed by atoms with E-state index in [2.05, 4.69) is 21.2 Å². The van der Waals surface area contributed by atoms with Gasteiger partial charge < -0.3 is 15.2 Å². The van der Waals surface area contributed by atoms with Crippen LogP contribution in [0.1, 0.15) is 29.6 Å². The van der Waals surface area contributed by atoms with Crippen LogP contribution in [-0.2, 0) is 4.74 Å². The first kappa shape index (κ1) is 14.3. The number of hydrogen-bond donors (Lipinski definition) is 2. The van der Waals surface area contributed by atoms with Gasteiger partial charge >= 0.3 is 5.97 Å². The van der Waals surface area contributed by atoms with Gasteiger partial charge in [0.15, 0.2) is 0 Å². The molecule has 2 rings (SSSR count). The molecule has 1 aliphatic rings. The molecular weight excluding hydrogens is 310 g/mol. The summed E-state index contributed by atoms with van der Waals surface area (Å²) in [7, 11) is 0. The highest BCUT2D eigenvalue weighted by Gasteiger charge is 2.20. The summed E-state index contributed by atoms with van der Waals surface area (Å²) in [6.45, 7) is 2.31. The van der Waals surface area contributed by atoms with Crippen LogP contribution in [0.25, 0.3) is 0 Å². The lowest BCUT2D eigenvalue weighted by molar-refractivity contribution is 0.0698. The van der Waals surface area contributed by atoms with Crippen LogP contribution in [-0.4, -0.2) is 30.8 Å². The van der Waals surface area contributed by atoms with Gasteiger partial charge in [0.2, 0.25) is 0 Å².